The van der Waals surface area contributed by atoms with Crippen molar-refractivity contribution < 1.29 is 23.8 Å². The predicted molar refractivity (Wildman–Crippen MR) is 99.4 cm³/mol. The monoisotopic (exact) mass is 422 g/mol. The second-order valence-electron chi connectivity index (χ2n) is 5.09. The SMILES string of the molecule is COCCOc1ccccc1C(=O)NNC(=O)c1ccc(OC)c(Br)c1. The number of hydrazine groups is 1. The maximum atomic E-state index is 12.3. The van der Waals surface area contributed by atoms with Crippen molar-refractivity contribution in [2.45, 2.75) is 0 Å². The van der Waals surface area contributed by atoms with Gasteiger partial charge in [0.05, 0.1) is 23.8 Å². The third-order valence-electron chi connectivity index (χ3n) is 3.38. The fourth-order valence-corrected chi connectivity index (χ4v) is 2.62. The molecule has 2 amide bonds. The van der Waals surface area contributed by atoms with Crippen molar-refractivity contribution in [3.05, 3.63) is 58.1 Å². The van der Waals surface area contributed by atoms with Gasteiger partial charge in [0.1, 0.15) is 18.1 Å². The summed E-state index contributed by atoms with van der Waals surface area (Å²) < 4.78 is 16.2. The van der Waals surface area contributed by atoms with Gasteiger partial charge in [-0.15, -0.1) is 0 Å². The first-order valence-corrected chi connectivity index (χ1v) is 8.51. The normalized spacial score (nSPS) is 10.1. The van der Waals surface area contributed by atoms with Crippen LogP contribution in [0.3, 0.4) is 0 Å². The minimum Gasteiger partial charge on any atom is -0.496 e. The van der Waals surface area contributed by atoms with Crippen molar-refractivity contribution in [1.82, 2.24) is 10.9 Å². The van der Waals surface area contributed by atoms with Crippen LogP contribution in [0.25, 0.3) is 0 Å². The maximum absolute atomic E-state index is 12.3. The third kappa shape index (κ3) is 5.21. The zero-order chi connectivity index (χ0) is 18.9. The van der Waals surface area contributed by atoms with Crippen LogP contribution in [-0.2, 0) is 4.74 Å². The summed E-state index contributed by atoms with van der Waals surface area (Å²) in [6, 6.07) is 11.6. The molecule has 7 nitrogen and oxygen atoms in total. The number of ether oxygens (including phenoxy) is 3. The Kier molecular flexibility index (Phi) is 7.43. The molecule has 0 unspecified atom stereocenters. The van der Waals surface area contributed by atoms with Crippen LogP contribution in [-0.4, -0.2) is 39.2 Å². The lowest BCUT2D eigenvalue weighted by Crippen LogP contribution is -2.41. The summed E-state index contributed by atoms with van der Waals surface area (Å²) in [6.45, 7) is 0.714. The van der Waals surface area contributed by atoms with E-state index in [0.717, 1.165) is 0 Å². The Morgan fingerprint density at radius 3 is 2.38 bits per heavy atom. The minimum atomic E-state index is -0.487. The van der Waals surface area contributed by atoms with Gasteiger partial charge in [-0.3, -0.25) is 20.4 Å². The number of carbonyl (C=O) groups is 2. The van der Waals surface area contributed by atoms with E-state index in [1.807, 2.05) is 0 Å². The van der Waals surface area contributed by atoms with Crippen LogP contribution in [0, 0.1) is 0 Å². The average molecular weight is 423 g/mol. The number of methoxy groups -OCH3 is 2. The summed E-state index contributed by atoms with van der Waals surface area (Å²) in [5, 5.41) is 0. The quantitative estimate of drug-likeness (QED) is 0.528. The molecule has 0 aliphatic heterocycles. The van der Waals surface area contributed by atoms with Crippen LogP contribution in [0.15, 0.2) is 46.9 Å². The summed E-state index contributed by atoms with van der Waals surface area (Å²) in [5.74, 6) is 0.0645. The van der Waals surface area contributed by atoms with Gasteiger partial charge in [-0.25, -0.2) is 0 Å². The van der Waals surface area contributed by atoms with Crippen molar-refractivity contribution in [1.29, 1.82) is 0 Å². The first kappa shape index (κ1) is 19.7. The molecular weight excluding hydrogens is 404 g/mol. The van der Waals surface area contributed by atoms with Crippen LogP contribution < -0.4 is 20.3 Å². The maximum Gasteiger partial charge on any atom is 0.273 e. The number of halogens is 1. The van der Waals surface area contributed by atoms with Gasteiger partial charge >= 0.3 is 0 Å². The van der Waals surface area contributed by atoms with Crippen molar-refractivity contribution in [3.63, 3.8) is 0 Å². The van der Waals surface area contributed by atoms with Crippen molar-refractivity contribution >= 4 is 27.7 Å². The lowest BCUT2D eigenvalue weighted by molar-refractivity contribution is 0.0842. The van der Waals surface area contributed by atoms with Gasteiger partial charge < -0.3 is 14.2 Å². The Labute approximate surface area is 159 Å². The summed E-state index contributed by atoms with van der Waals surface area (Å²) in [6.07, 6.45) is 0. The van der Waals surface area contributed by atoms with Gasteiger partial charge in [-0.2, -0.15) is 0 Å². The van der Waals surface area contributed by atoms with Gasteiger partial charge in [0.2, 0.25) is 0 Å². The Morgan fingerprint density at radius 2 is 1.69 bits per heavy atom. The molecule has 0 bridgehead atoms. The molecule has 8 heteroatoms. The average Bonchev–Trinajstić information content (AvgIpc) is 2.66. The molecule has 2 aromatic carbocycles. The second-order valence-corrected chi connectivity index (χ2v) is 5.95. The molecule has 2 N–H and O–H groups in total. The number of para-hydroxylation sites is 1. The lowest BCUT2D eigenvalue weighted by Gasteiger charge is -2.12. The molecule has 0 aliphatic rings. The van der Waals surface area contributed by atoms with Crippen LogP contribution in [0.4, 0.5) is 0 Å². The highest BCUT2D eigenvalue weighted by Gasteiger charge is 2.14. The number of hydrogen-bond acceptors (Lipinski definition) is 5. The Hall–Kier alpha value is -2.58. The number of rotatable bonds is 7. The number of hydrogen-bond donors (Lipinski definition) is 2. The van der Waals surface area contributed by atoms with Crippen molar-refractivity contribution in [2.75, 3.05) is 27.4 Å². The molecule has 26 heavy (non-hydrogen) atoms. The predicted octanol–water partition coefficient (Wildman–Crippen LogP) is 2.56. The lowest BCUT2D eigenvalue weighted by atomic mass is 10.2. The van der Waals surface area contributed by atoms with E-state index in [9.17, 15) is 9.59 Å². The zero-order valence-electron chi connectivity index (χ0n) is 14.4. The van der Waals surface area contributed by atoms with Crippen LogP contribution in [0.1, 0.15) is 20.7 Å². The van der Waals surface area contributed by atoms with Crippen LogP contribution >= 0.6 is 15.9 Å². The van der Waals surface area contributed by atoms with E-state index < -0.39 is 11.8 Å². The molecule has 0 radical (unpaired) electrons. The Balaban J connectivity index is 2.00. The summed E-state index contributed by atoms with van der Waals surface area (Å²) in [4.78, 5) is 24.5. The van der Waals surface area contributed by atoms with Crippen molar-refractivity contribution in [3.8, 4) is 11.5 Å². The van der Waals surface area contributed by atoms with E-state index in [4.69, 9.17) is 14.2 Å². The molecule has 0 spiro atoms. The van der Waals surface area contributed by atoms with E-state index in [0.29, 0.717) is 40.3 Å². The third-order valence-corrected chi connectivity index (χ3v) is 4.00. The van der Waals surface area contributed by atoms with Crippen LogP contribution in [0.5, 0.6) is 11.5 Å². The standard InChI is InChI=1S/C18H19BrN2O5/c1-24-9-10-26-15-6-4-3-5-13(15)18(23)21-20-17(22)12-7-8-16(25-2)14(19)11-12/h3-8,11H,9-10H2,1-2H3,(H,20,22)(H,21,23). The number of amides is 2. The Bertz CT molecular complexity index is 782. The fourth-order valence-electron chi connectivity index (χ4n) is 2.08. The topological polar surface area (TPSA) is 85.9 Å². The zero-order valence-corrected chi connectivity index (χ0v) is 16.0. The molecule has 2 aromatic rings. The first-order valence-electron chi connectivity index (χ1n) is 7.71. The summed E-state index contributed by atoms with van der Waals surface area (Å²) >= 11 is 3.31. The molecule has 2 rings (SSSR count). The largest absolute Gasteiger partial charge is 0.496 e. The summed E-state index contributed by atoms with van der Waals surface area (Å²) in [5.41, 5.74) is 5.42. The summed E-state index contributed by atoms with van der Waals surface area (Å²) in [7, 11) is 3.10. The smallest absolute Gasteiger partial charge is 0.273 e. The molecule has 0 saturated heterocycles. The van der Waals surface area contributed by atoms with Gasteiger partial charge in [-0.1, -0.05) is 12.1 Å². The highest BCUT2D eigenvalue weighted by molar-refractivity contribution is 9.10. The van der Waals surface area contributed by atoms with Gasteiger partial charge in [0.15, 0.2) is 0 Å². The van der Waals surface area contributed by atoms with Crippen molar-refractivity contribution in [2.24, 2.45) is 0 Å². The molecule has 0 fully saturated rings. The van der Waals surface area contributed by atoms with Crippen LogP contribution in [0.2, 0.25) is 0 Å². The molecule has 0 aliphatic carbocycles. The Morgan fingerprint density at radius 1 is 0.962 bits per heavy atom. The van der Waals surface area contributed by atoms with Gasteiger partial charge in [0.25, 0.3) is 11.8 Å². The molecule has 138 valence electrons. The van der Waals surface area contributed by atoms with Gasteiger partial charge in [-0.05, 0) is 46.3 Å². The van der Waals surface area contributed by atoms with Gasteiger partial charge in [0, 0.05) is 12.7 Å². The van der Waals surface area contributed by atoms with E-state index in [1.54, 1.807) is 49.6 Å². The second kappa shape index (κ2) is 9.79. The van der Waals surface area contributed by atoms with E-state index in [1.165, 1.54) is 7.11 Å². The molecular formula is C18H19BrN2O5. The van der Waals surface area contributed by atoms with E-state index in [-0.39, 0.29) is 0 Å². The molecule has 0 atom stereocenters. The minimum absolute atomic E-state index is 0.305. The highest BCUT2D eigenvalue weighted by Crippen LogP contribution is 2.25. The molecule has 0 saturated carbocycles. The molecule has 0 heterocycles. The number of nitrogens with one attached hydrogen (secondary N) is 2. The highest BCUT2D eigenvalue weighted by atomic mass is 79.9. The molecule has 0 aromatic heterocycles. The van der Waals surface area contributed by atoms with E-state index in [2.05, 4.69) is 26.8 Å². The number of carbonyl (C=O) groups excluding carboxylic acids is 2. The number of benzene rings is 2. The fraction of sp³-hybridized carbons (Fsp3) is 0.222. The first-order chi connectivity index (χ1) is 12.6. The van der Waals surface area contributed by atoms with E-state index >= 15 is 0 Å².